The summed E-state index contributed by atoms with van der Waals surface area (Å²) in [4.78, 5) is 12.3. The lowest BCUT2D eigenvalue weighted by Gasteiger charge is -2.22. The first kappa shape index (κ1) is 15.6. The Morgan fingerprint density at radius 1 is 1.17 bits per heavy atom. The molecule has 1 aliphatic heterocycles. The highest BCUT2D eigenvalue weighted by molar-refractivity contribution is 5.80. The minimum absolute atomic E-state index is 0.0132. The molecular formula is C19H23N2O2+. The summed E-state index contributed by atoms with van der Waals surface area (Å²) in [7, 11) is 1.66. The number of benzene rings is 2. The van der Waals surface area contributed by atoms with Gasteiger partial charge in [0, 0.05) is 18.5 Å². The van der Waals surface area contributed by atoms with Crippen LogP contribution in [0.1, 0.15) is 16.7 Å². The minimum Gasteiger partial charge on any atom is -0.497 e. The molecule has 0 aromatic heterocycles. The molecule has 0 aliphatic carbocycles. The molecule has 0 saturated carbocycles. The van der Waals surface area contributed by atoms with E-state index < -0.39 is 0 Å². The van der Waals surface area contributed by atoms with Gasteiger partial charge in [-0.15, -0.1) is 0 Å². The van der Waals surface area contributed by atoms with Crippen LogP contribution in [0.3, 0.4) is 0 Å². The third kappa shape index (κ3) is 3.90. The fourth-order valence-corrected chi connectivity index (χ4v) is 3.00. The van der Waals surface area contributed by atoms with Crippen LogP contribution in [0.4, 0.5) is 0 Å². The summed E-state index contributed by atoms with van der Waals surface area (Å²) in [5, 5.41) is 5.19. The van der Waals surface area contributed by atoms with Crippen molar-refractivity contribution in [1.29, 1.82) is 0 Å². The second kappa shape index (κ2) is 7.29. The van der Waals surface area contributed by atoms with Crippen molar-refractivity contribution in [1.82, 2.24) is 5.32 Å². The van der Waals surface area contributed by atoms with E-state index in [1.165, 1.54) is 16.7 Å². The SMILES string of the molecule is COc1ccc(CCNC(=O)[C@@H]2Cc3ccccc3C[NH2+]2)cc1. The van der Waals surface area contributed by atoms with E-state index in [1.807, 2.05) is 30.3 Å². The average Bonchev–Trinajstić information content (AvgIpc) is 2.61. The van der Waals surface area contributed by atoms with Gasteiger partial charge in [-0.3, -0.25) is 4.79 Å². The lowest BCUT2D eigenvalue weighted by Crippen LogP contribution is -2.93. The number of nitrogens with two attached hydrogens (primary N) is 1. The molecule has 3 rings (SSSR count). The number of fused-ring (bicyclic) bond motifs is 1. The molecule has 0 fully saturated rings. The Morgan fingerprint density at radius 2 is 1.91 bits per heavy atom. The van der Waals surface area contributed by atoms with E-state index in [-0.39, 0.29) is 11.9 Å². The first-order valence-electron chi connectivity index (χ1n) is 8.07. The van der Waals surface area contributed by atoms with Crippen molar-refractivity contribution < 1.29 is 14.8 Å². The van der Waals surface area contributed by atoms with Crippen LogP contribution in [0.5, 0.6) is 5.75 Å². The molecular weight excluding hydrogens is 288 g/mol. The van der Waals surface area contributed by atoms with E-state index in [1.54, 1.807) is 7.11 Å². The molecule has 0 bridgehead atoms. The number of hydrogen-bond donors (Lipinski definition) is 2. The predicted octanol–water partition coefficient (Wildman–Crippen LogP) is 1.04. The lowest BCUT2D eigenvalue weighted by molar-refractivity contribution is -0.695. The number of methoxy groups -OCH3 is 1. The van der Waals surface area contributed by atoms with Crippen LogP contribution in [0.15, 0.2) is 48.5 Å². The monoisotopic (exact) mass is 311 g/mol. The van der Waals surface area contributed by atoms with Gasteiger partial charge in [0.2, 0.25) is 0 Å². The Balaban J connectivity index is 1.48. The molecule has 0 saturated heterocycles. The van der Waals surface area contributed by atoms with E-state index in [0.717, 1.165) is 25.1 Å². The van der Waals surface area contributed by atoms with Crippen molar-refractivity contribution >= 4 is 5.91 Å². The van der Waals surface area contributed by atoms with Crippen molar-refractivity contribution in [3.8, 4) is 5.75 Å². The van der Waals surface area contributed by atoms with E-state index in [2.05, 4.69) is 28.8 Å². The fourth-order valence-electron chi connectivity index (χ4n) is 3.00. The molecule has 23 heavy (non-hydrogen) atoms. The van der Waals surface area contributed by atoms with Crippen molar-refractivity contribution in [2.45, 2.75) is 25.4 Å². The zero-order valence-electron chi connectivity index (χ0n) is 13.4. The molecule has 120 valence electrons. The van der Waals surface area contributed by atoms with Gasteiger partial charge in [-0.05, 0) is 29.7 Å². The molecule has 0 spiro atoms. The second-order valence-corrected chi connectivity index (χ2v) is 5.91. The van der Waals surface area contributed by atoms with Crippen molar-refractivity contribution in [3.05, 3.63) is 65.2 Å². The van der Waals surface area contributed by atoms with Gasteiger partial charge in [0.1, 0.15) is 12.3 Å². The molecule has 4 heteroatoms. The summed E-state index contributed by atoms with van der Waals surface area (Å²) >= 11 is 0. The van der Waals surface area contributed by atoms with Crippen molar-refractivity contribution in [2.24, 2.45) is 0 Å². The van der Waals surface area contributed by atoms with Crippen LogP contribution < -0.4 is 15.4 Å². The molecule has 2 aromatic carbocycles. The van der Waals surface area contributed by atoms with Gasteiger partial charge in [0.15, 0.2) is 6.04 Å². The number of carbonyl (C=O) groups excluding carboxylic acids is 1. The van der Waals surface area contributed by atoms with Gasteiger partial charge in [-0.25, -0.2) is 0 Å². The number of carbonyl (C=O) groups is 1. The molecule has 2 aromatic rings. The third-order valence-electron chi connectivity index (χ3n) is 4.39. The quantitative estimate of drug-likeness (QED) is 0.867. The summed E-state index contributed by atoms with van der Waals surface area (Å²) < 4.78 is 5.15. The highest BCUT2D eigenvalue weighted by Crippen LogP contribution is 2.13. The maximum absolute atomic E-state index is 12.3. The fraction of sp³-hybridized carbons (Fsp3) is 0.316. The molecule has 1 atom stereocenters. The molecule has 1 heterocycles. The normalized spacial score (nSPS) is 16.5. The van der Waals surface area contributed by atoms with Crippen LogP contribution in [-0.4, -0.2) is 25.6 Å². The van der Waals surface area contributed by atoms with Gasteiger partial charge in [-0.2, -0.15) is 0 Å². The molecule has 1 amide bonds. The summed E-state index contributed by atoms with van der Waals surface area (Å²) in [6.45, 7) is 1.55. The Labute approximate surface area is 136 Å². The standard InChI is InChI=1S/C19H22N2O2/c1-23-17-8-6-14(7-9-17)10-11-20-19(22)18-12-15-4-2-3-5-16(15)13-21-18/h2-9,18,21H,10-13H2,1H3,(H,20,22)/p+1/t18-/m0/s1. The van der Waals surface area contributed by atoms with Gasteiger partial charge in [-0.1, -0.05) is 36.4 Å². The van der Waals surface area contributed by atoms with Crippen LogP contribution in [0.2, 0.25) is 0 Å². The van der Waals surface area contributed by atoms with Crippen LogP contribution in [0.25, 0.3) is 0 Å². The van der Waals surface area contributed by atoms with Gasteiger partial charge in [0.05, 0.1) is 7.11 Å². The molecule has 4 nitrogen and oxygen atoms in total. The van der Waals surface area contributed by atoms with Crippen molar-refractivity contribution in [3.63, 3.8) is 0 Å². The van der Waals surface area contributed by atoms with Crippen LogP contribution >= 0.6 is 0 Å². The maximum atomic E-state index is 12.3. The predicted molar refractivity (Wildman–Crippen MR) is 89.3 cm³/mol. The highest BCUT2D eigenvalue weighted by atomic mass is 16.5. The summed E-state index contributed by atoms with van der Waals surface area (Å²) in [5.74, 6) is 0.987. The number of hydrogen-bond acceptors (Lipinski definition) is 2. The Kier molecular flexibility index (Phi) is 4.93. The number of quaternary nitrogens is 1. The third-order valence-corrected chi connectivity index (χ3v) is 4.39. The largest absolute Gasteiger partial charge is 0.497 e. The molecule has 0 radical (unpaired) electrons. The van der Waals surface area contributed by atoms with E-state index in [4.69, 9.17) is 4.74 Å². The Bertz CT molecular complexity index is 667. The average molecular weight is 311 g/mol. The first-order valence-corrected chi connectivity index (χ1v) is 8.07. The van der Waals surface area contributed by atoms with E-state index >= 15 is 0 Å². The smallest absolute Gasteiger partial charge is 0.278 e. The molecule has 3 N–H and O–H groups in total. The number of ether oxygens (including phenoxy) is 1. The van der Waals surface area contributed by atoms with Gasteiger partial charge >= 0.3 is 0 Å². The first-order chi connectivity index (χ1) is 11.3. The van der Waals surface area contributed by atoms with Crippen molar-refractivity contribution in [2.75, 3.05) is 13.7 Å². The second-order valence-electron chi connectivity index (χ2n) is 5.91. The Morgan fingerprint density at radius 3 is 2.65 bits per heavy atom. The van der Waals surface area contributed by atoms with E-state index in [0.29, 0.717) is 6.54 Å². The highest BCUT2D eigenvalue weighted by Gasteiger charge is 2.27. The summed E-state index contributed by atoms with van der Waals surface area (Å²) in [5.41, 5.74) is 3.84. The van der Waals surface area contributed by atoms with Crippen LogP contribution in [0, 0.1) is 0 Å². The molecule has 1 aliphatic rings. The number of nitrogens with one attached hydrogen (secondary N) is 1. The van der Waals surface area contributed by atoms with Crippen LogP contribution in [-0.2, 0) is 24.2 Å². The van der Waals surface area contributed by atoms with E-state index in [9.17, 15) is 4.79 Å². The number of rotatable bonds is 5. The summed E-state index contributed by atoms with van der Waals surface area (Å²) in [6.07, 6.45) is 1.64. The maximum Gasteiger partial charge on any atom is 0.278 e. The summed E-state index contributed by atoms with van der Waals surface area (Å²) in [6, 6.07) is 16.3. The minimum atomic E-state index is -0.0132. The van der Waals surface area contributed by atoms with Gasteiger partial charge in [0.25, 0.3) is 5.91 Å². The zero-order chi connectivity index (χ0) is 16.1. The molecule has 0 unspecified atom stereocenters. The van der Waals surface area contributed by atoms with Gasteiger partial charge < -0.3 is 15.4 Å². The topological polar surface area (TPSA) is 54.9 Å². The lowest BCUT2D eigenvalue weighted by atomic mass is 9.95. The number of amides is 1. The zero-order valence-corrected chi connectivity index (χ0v) is 13.4. The Hall–Kier alpha value is -2.33.